The Morgan fingerprint density at radius 2 is 2.38 bits per heavy atom. The van der Waals surface area contributed by atoms with E-state index in [9.17, 15) is 4.79 Å². The molecule has 16 heavy (non-hydrogen) atoms. The van der Waals surface area contributed by atoms with E-state index >= 15 is 0 Å². The second-order valence-corrected chi connectivity index (χ2v) is 4.04. The van der Waals surface area contributed by atoms with Gasteiger partial charge in [-0.15, -0.1) is 0 Å². The molecule has 1 aromatic rings. The predicted octanol–water partition coefficient (Wildman–Crippen LogP) is 1.17. The molecular weight excluding hydrogens is 224 g/mol. The topological polar surface area (TPSA) is 57.2 Å². The Balaban J connectivity index is 2.93. The third-order valence-electron chi connectivity index (χ3n) is 2.24. The summed E-state index contributed by atoms with van der Waals surface area (Å²) in [5.41, 5.74) is 5.37. The minimum atomic E-state index is -0.146. The Bertz CT molecular complexity index is 428. The third kappa shape index (κ3) is 3.06. The SMILES string of the molecule is CCOc1cccn(CC(C)C(N)=S)c1=O. The quantitative estimate of drug-likeness (QED) is 0.785. The van der Waals surface area contributed by atoms with Crippen molar-refractivity contribution in [3.63, 3.8) is 0 Å². The van der Waals surface area contributed by atoms with Crippen molar-refractivity contribution in [3.8, 4) is 5.75 Å². The van der Waals surface area contributed by atoms with Crippen molar-refractivity contribution in [2.75, 3.05) is 6.61 Å². The van der Waals surface area contributed by atoms with Crippen LogP contribution in [0.3, 0.4) is 0 Å². The van der Waals surface area contributed by atoms with Crippen LogP contribution in [0.4, 0.5) is 0 Å². The van der Waals surface area contributed by atoms with Crippen LogP contribution < -0.4 is 16.0 Å². The molecule has 0 amide bonds. The molecule has 88 valence electrons. The van der Waals surface area contributed by atoms with Crippen LogP contribution in [0, 0.1) is 5.92 Å². The maximum atomic E-state index is 11.9. The summed E-state index contributed by atoms with van der Waals surface area (Å²) in [5, 5.41) is 0. The van der Waals surface area contributed by atoms with Gasteiger partial charge in [-0.2, -0.15) is 0 Å². The molecular formula is C11H16N2O2S. The number of thiocarbonyl (C=S) groups is 1. The van der Waals surface area contributed by atoms with Gasteiger partial charge < -0.3 is 15.0 Å². The number of hydrogen-bond donors (Lipinski definition) is 1. The zero-order chi connectivity index (χ0) is 12.1. The Morgan fingerprint density at radius 3 is 2.94 bits per heavy atom. The molecule has 0 aromatic carbocycles. The van der Waals surface area contributed by atoms with Crippen LogP contribution >= 0.6 is 12.2 Å². The summed E-state index contributed by atoms with van der Waals surface area (Å²) in [6, 6.07) is 3.44. The Hall–Kier alpha value is -1.36. The van der Waals surface area contributed by atoms with Gasteiger partial charge in [0.1, 0.15) is 0 Å². The van der Waals surface area contributed by atoms with E-state index in [1.54, 1.807) is 22.9 Å². The smallest absolute Gasteiger partial charge is 0.292 e. The molecule has 4 nitrogen and oxygen atoms in total. The van der Waals surface area contributed by atoms with Crippen LogP contribution in [0.5, 0.6) is 5.75 Å². The first-order chi connectivity index (χ1) is 7.56. The van der Waals surface area contributed by atoms with Crippen LogP contribution in [0.25, 0.3) is 0 Å². The van der Waals surface area contributed by atoms with Crippen LogP contribution in [0.1, 0.15) is 13.8 Å². The third-order valence-corrected chi connectivity index (χ3v) is 2.64. The molecule has 0 aliphatic carbocycles. The summed E-state index contributed by atoms with van der Waals surface area (Å²) in [4.78, 5) is 12.3. The van der Waals surface area contributed by atoms with E-state index in [1.807, 2.05) is 13.8 Å². The first-order valence-electron chi connectivity index (χ1n) is 5.17. The van der Waals surface area contributed by atoms with Crippen molar-refractivity contribution >= 4 is 17.2 Å². The summed E-state index contributed by atoms with van der Waals surface area (Å²) in [5.74, 6) is 0.352. The fourth-order valence-corrected chi connectivity index (χ4v) is 1.38. The van der Waals surface area contributed by atoms with Gasteiger partial charge in [0, 0.05) is 18.7 Å². The highest BCUT2D eigenvalue weighted by atomic mass is 32.1. The van der Waals surface area contributed by atoms with Gasteiger partial charge in [-0.25, -0.2) is 0 Å². The van der Waals surface area contributed by atoms with Gasteiger partial charge in [-0.1, -0.05) is 19.1 Å². The average molecular weight is 240 g/mol. The highest BCUT2D eigenvalue weighted by Crippen LogP contribution is 2.04. The van der Waals surface area contributed by atoms with Crippen molar-refractivity contribution in [1.29, 1.82) is 0 Å². The number of hydrogen-bond acceptors (Lipinski definition) is 3. The summed E-state index contributed by atoms with van der Waals surface area (Å²) in [6.45, 7) is 4.69. The molecule has 0 aliphatic heterocycles. The highest BCUT2D eigenvalue weighted by molar-refractivity contribution is 7.80. The summed E-state index contributed by atoms with van der Waals surface area (Å²) in [7, 11) is 0. The lowest BCUT2D eigenvalue weighted by Gasteiger charge is -2.12. The minimum absolute atomic E-state index is 0.00965. The van der Waals surface area contributed by atoms with Crippen LogP contribution in [0.15, 0.2) is 23.1 Å². The van der Waals surface area contributed by atoms with E-state index in [-0.39, 0.29) is 11.5 Å². The van der Waals surface area contributed by atoms with Gasteiger partial charge in [-0.3, -0.25) is 4.79 Å². The van der Waals surface area contributed by atoms with E-state index in [0.29, 0.717) is 23.9 Å². The minimum Gasteiger partial charge on any atom is -0.488 e. The maximum Gasteiger partial charge on any atom is 0.292 e. The normalized spacial score (nSPS) is 12.1. The Morgan fingerprint density at radius 1 is 1.69 bits per heavy atom. The predicted molar refractivity (Wildman–Crippen MR) is 67.8 cm³/mol. The lowest BCUT2D eigenvalue weighted by atomic mass is 10.2. The van der Waals surface area contributed by atoms with Crippen molar-refractivity contribution in [3.05, 3.63) is 28.7 Å². The fourth-order valence-electron chi connectivity index (χ4n) is 1.31. The second-order valence-electron chi connectivity index (χ2n) is 3.57. The number of aromatic nitrogens is 1. The maximum absolute atomic E-state index is 11.9. The van der Waals surface area contributed by atoms with E-state index in [1.165, 1.54) is 0 Å². The van der Waals surface area contributed by atoms with Gasteiger partial charge in [0.05, 0.1) is 11.6 Å². The summed E-state index contributed by atoms with van der Waals surface area (Å²) >= 11 is 4.88. The molecule has 0 aliphatic rings. The average Bonchev–Trinajstić information content (AvgIpc) is 2.24. The number of rotatable bonds is 5. The van der Waals surface area contributed by atoms with Gasteiger partial charge in [-0.05, 0) is 19.1 Å². The number of ether oxygens (including phenoxy) is 1. The van der Waals surface area contributed by atoms with Gasteiger partial charge in [0.15, 0.2) is 5.75 Å². The molecule has 2 N–H and O–H groups in total. The molecule has 1 heterocycles. The van der Waals surface area contributed by atoms with E-state index < -0.39 is 0 Å². The standard InChI is InChI=1S/C11H16N2O2S/c1-3-15-9-5-4-6-13(11(9)14)7-8(2)10(12)16/h4-6,8H,3,7H2,1-2H3,(H2,12,16). The zero-order valence-corrected chi connectivity index (χ0v) is 10.3. The lowest BCUT2D eigenvalue weighted by Crippen LogP contribution is -2.29. The van der Waals surface area contributed by atoms with Gasteiger partial charge in [0.2, 0.25) is 0 Å². The largest absolute Gasteiger partial charge is 0.488 e. The fraction of sp³-hybridized carbons (Fsp3) is 0.455. The molecule has 0 saturated heterocycles. The number of nitrogens with two attached hydrogens (primary N) is 1. The van der Waals surface area contributed by atoms with Gasteiger partial charge in [0.25, 0.3) is 5.56 Å². The highest BCUT2D eigenvalue weighted by Gasteiger charge is 2.09. The van der Waals surface area contributed by atoms with Crippen LogP contribution in [0.2, 0.25) is 0 Å². The number of nitrogens with zero attached hydrogens (tertiary/aromatic N) is 1. The number of pyridine rings is 1. The summed E-state index contributed by atoms with van der Waals surface area (Å²) < 4.78 is 6.79. The Labute approximate surface area is 100 Å². The first-order valence-corrected chi connectivity index (χ1v) is 5.58. The molecule has 1 unspecified atom stereocenters. The molecule has 0 saturated carbocycles. The van der Waals surface area contributed by atoms with E-state index in [2.05, 4.69) is 0 Å². The molecule has 0 radical (unpaired) electrons. The zero-order valence-electron chi connectivity index (χ0n) is 9.47. The monoisotopic (exact) mass is 240 g/mol. The molecule has 1 atom stereocenters. The first kappa shape index (κ1) is 12.7. The van der Waals surface area contributed by atoms with Crippen LogP contribution in [-0.2, 0) is 6.54 Å². The van der Waals surface area contributed by atoms with Crippen molar-refractivity contribution in [2.24, 2.45) is 11.7 Å². The van der Waals surface area contributed by atoms with E-state index in [0.717, 1.165) is 0 Å². The second kappa shape index (κ2) is 5.65. The lowest BCUT2D eigenvalue weighted by molar-refractivity contribution is 0.331. The van der Waals surface area contributed by atoms with Crippen molar-refractivity contribution < 1.29 is 4.74 Å². The molecule has 1 rings (SSSR count). The molecule has 0 spiro atoms. The van der Waals surface area contributed by atoms with Crippen molar-refractivity contribution in [1.82, 2.24) is 4.57 Å². The Kier molecular flexibility index (Phi) is 4.49. The molecule has 0 fully saturated rings. The summed E-state index contributed by atoms with van der Waals surface area (Å²) in [6.07, 6.45) is 1.71. The van der Waals surface area contributed by atoms with Crippen molar-refractivity contribution in [2.45, 2.75) is 20.4 Å². The van der Waals surface area contributed by atoms with E-state index in [4.69, 9.17) is 22.7 Å². The molecule has 5 heteroatoms. The van der Waals surface area contributed by atoms with Gasteiger partial charge >= 0.3 is 0 Å². The molecule has 1 aromatic heterocycles. The molecule has 0 bridgehead atoms. The van der Waals surface area contributed by atoms with Crippen LogP contribution in [-0.4, -0.2) is 16.2 Å².